The van der Waals surface area contributed by atoms with Crippen molar-refractivity contribution in [1.29, 1.82) is 0 Å². The molecule has 0 aliphatic heterocycles. The van der Waals surface area contributed by atoms with Crippen LogP contribution >= 0.6 is 23.2 Å². The van der Waals surface area contributed by atoms with Crippen molar-refractivity contribution in [3.05, 3.63) is 63.8 Å². The first-order valence-corrected chi connectivity index (χ1v) is 11.6. The number of para-hydroxylation sites is 1. The molecule has 0 radical (unpaired) electrons. The maximum absolute atomic E-state index is 12.5. The molecule has 0 unspecified atom stereocenters. The molecule has 10 heteroatoms. The number of rotatable bonds is 8. The zero-order valence-corrected chi connectivity index (χ0v) is 19.1. The van der Waals surface area contributed by atoms with Crippen molar-refractivity contribution in [1.82, 2.24) is 9.71 Å². The number of Topliss-reactive ketones (excluding diaryl/α,β-unsaturated/α-hetero) is 1. The smallest absolute Gasteiger partial charge is 0.340 e. The van der Waals surface area contributed by atoms with E-state index in [1.54, 1.807) is 18.3 Å². The molecule has 0 amide bonds. The van der Waals surface area contributed by atoms with Gasteiger partial charge in [0.2, 0.25) is 15.8 Å². The summed E-state index contributed by atoms with van der Waals surface area (Å²) in [4.78, 5) is 27.7. The van der Waals surface area contributed by atoms with Gasteiger partial charge in [-0.3, -0.25) is 4.79 Å². The third kappa shape index (κ3) is 5.27. The van der Waals surface area contributed by atoms with Crippen LogP contribution < -0.4 is 4.72 Å². The van der Waals surface area contributed by atoms with Gasteiger partial charge in [0, 0.05) is 29.2 Å². The second kappa shape index (κ2) is 9.40. The van der Waals surface area contributed by atoms with E-state index in [4.69, 9.17) is 27.9 Å². The highest BCUT2D eigenvalue weighted by Crippen LogP contribution is 2.29. The molecule has 0 saturated heterocycles. The zero-order chi connectivity index (χ0) is 22.8. The lowest BCUT2D eigenvalue weighted by molar-refractivity contribution is 0.0475. The Morgan fingerprint density at radius 2 is 1.81 bits per heavy atom. The van der Waals surface area contributed by atoms with Gasteiger partial charge in [-0.1, -0.05) is 55.2 Å². The molecule has 0 bridgehead atoms. The number of aromatic nitrogens is 1. The Hall–Kier alpha value is -2.39. The van der Waals surface area contributed by atoms with Crippen molar-refractivity contribution in [2.24, 2.45) is 5.92 Å². The second-order valence-corrected chi connectivity index (χ2v) is 9.81. The molecule has 2 aromatic carbocycles. The lowest BCUT2D eigenvalue weighted by Gasteiger charge is -2.12. The number of ketones is 1. The SMILES string of the molecule is CC(C)CNS(=O)(=O)c1cc(C(=O)OCC(=O)c2c[nH]c3ccccc23)c(Cl)cc1Cl. The van der Waals surface area contributed by atoms with Gasteiger partial charge in [0.1, 0.15) is 4.90 Å². The summed E-state index contributed by atoms with van der Waals surface area (Å²) < 4.78 is 32.6. The molecule has 0 spiro atoms. The fourth-order valence-corrected chi connectivity index (χ4v) is 4.90. The summed E-state index contributed by atoms with van der Waals surface area (Å²) >= 11 is 12.1. The minimum atomic E-state index is -3.97. The van der Waals surface area contributed by atoms with E-state index in [1.807, 2.05) is 26.0 Å². The summed E-state index contributed by atoms with van der Waals surface area (Å²) in [5.74, 6) is -1.28. The molecular formula is C21H20Cl2N2O5S. The Morgan fingerprint density at radius 3 is 2.52 bits per heavy atom. The van der Waals surface area contributed by atoms with E-state index in [2.05, 4.69) is 9.71 Å². The third-order valence-electron chi connectivity index (χ3n) is 4.44. The van der Waals surface area contributed by atoms with E-state index in [0.29, 0.717) is 10.9 Å². The number of hydrogen-bond acceptors (Lipinski definition) is 5. The number of halogens is 2. The maximum atomic E-state index is 12.5. The molecule has 3 aromatic rings. The lowest BCUT2D eigenvalue weighted by Crippen LogP contribution is -2.28. The summed E-state index contributed by atoms with van der Waals surface area (Å²) in [6.07, 6.45) is 1.54. The number of aromatic amines is 1. The van der Waals surface area contributed by atoms with Gasteiger partial charge >= 0.3 is 5.97 Å². The highest BCUT2D eigenvalue weighted by Gasteiger charge is 2.24. The van der Waals surface area contributed by atoms with E-state index in [9.17, 15) is 18.0 Å². The molecule has 3 rings (SSSR count). The molecule has 0 atom stereocenters. The fourth-order valence-electron chi connectivity index (χ4n) is 2.83. The molecule has 0 saturated carbocycles. The van der Waals surface area contributed by atoms with Crippen LogP contribution in [0.3, 0.4) is 0 Å². The summed E-state index contributed by atoms with van der Waals surface area (Å²) in [6, 6.07) is 9.43. The molecule has 31 heavy (non-hydrogen) atoms. The molecule has 0 fully saturated rings. The number of hydrogen-bond donors (Lipinski definition) is 2. The van der Waals surface area contributed by atoms with E-state index < -0.39 is 28.4 Å². The second-order valence-electron chi connectivity index (χ2n) is 7.26. The highest BCUT2D eigenvalue weighted by molar-refractivity contribution is 7.89. The number of H-pyrrole nitrogens is 1. The van der Waals surface area contributed by atoms with Crippen molar-refractivity contribution in [3.63, 3.8) is 0 Å². The van der Waals surface area contributed by atoms with Crippen molar-refractivity contribution < 1.29 is 22.7 Å². The Labute approximate surface area is 189 Å². The van der Waals surface area contributed by atoms with Crippen LogP contribution in [0.25, 0.3) is 10.9 Å². The standard InChI is InChI=1S/C21H20Cl2N2O5S/c1-12(2)9-25-31(28,29)20-7-14(16(22)8-17(20)23)21(27)30-11-19(26)15-10-24-18-6-4-3-5-13(15)18/h3-8,10,12,24-25H,9,11H2,1-2H3. The molecule has 2 N–H and O–H groups in total. The van der Waals surface area contributed by atoms with Crippen LogP contribution in [0, 0.1) is 5.92 Å². The number of benzene rings is 2. The number of esters is 1. The average molecular weight is 483 g/mol. The van der Waals surface area contributed by atoms with Gasteiger partial charge in [-0.25, -0.2) is 17.9 Å². The minimum absolute atomic E-state index is 0.0702. The Balaban J connectivity index is 1.79. The van der Waals surface area contributed by atoms with Crippen LogP contribution in [0.1, 0.15) is 34.6 Å². The van der Waals surface area contributed by atoms with Crippen LogP contribution in [0.5, 0.6) is 0 Å². The Kier molecular flexibility index (Phi) is 7.06. The van der Waals surface area contributed by atoms with Crippen molar-refractivity contribution in [3.8, 4) is 0 Å². The molecule has 164 valence electrons. The van der Waals surface area contributed by atoms with E-state index >= 15 is 0 Å². The first-order chi connectivity index (χ1) is 14.6. The van der Waals surface area contributed by atoms with Crippen LogP contribution in [-0.4, -0.2) is 38.3 Å². The third-order valence-corrected chi connectivity index (χ3v) is 6.64. The number of fused-ring (bicyclic) bond motifs is 1. The Morgan fingerprint density at radius 1 is 1.10 bits per heavy atom. The number of carbonyl (C=O) groups is 2. The summed E-state index contributed by atoms with van der Waals surface area (Å²) in [5.41, 5.74) is 0.955. The number of sulfonamides is 1. The van der Waals surface area contributed by atoms with Gasteiger partial charge < -0.3 is 9.72 Å². The first-order valence-electron chi connectivity index (χ1n) is 9.35. The molecular weight excluding hydrogens is 463 g/mol. The van der Waals surface area contributed by atoms with Crippen LogP contribution in [-0.2, 0) is 14.8 Å². The number of ether oxygens (including phenoxy) is 1. The minimum Gasteiger partial charge on any atom is -0.454 e. The predicted molar refractivity (Wildman–Crippen MR) is 119 cm³/mol. The molecule has 0 aliphatic rings. The first kappa shape index (κ1) is 23.3. The molecule has 1 aromatic heterocycles. The monoisotopic (exact) mass is 482 g/mol. The topological polar surface area (TPSA) is 105 Å². The number of nitrogens with one attached hydrogen (secondary N) is 2. The summed E-state index contributed by atoms with van der Waals surface area (Å²) in [6.45, 7) is 3.35. The molecule has 0 aliphatic carbocycles. The fraction of sp³-hybridized carbons (Fsp3) is 0.238. The maximum Gasteiger partial charge on any atom is 0.340 e. The normalized spacial score (nSPS) is 11.8. The quantitative estimate of drug-likeness (QED) is 0.364. The lowest BCUT2D eigenvalue weighted by atomic mass is 10.1. The van der Waals surface area contributed by atoms with E-state index in [1.165, 1.54) is 0 Å². The predicted octanol–water partition coefficient (Wildman–Crippen LogP) is 4.45. The Bertz CT molecular complexity index is 1250. The van der Waals surface area contributed by atoms with Crippen LogP contribution in [0.15, 0.2) is 47.5 Å². The van der Waals surface area contributed by atoms with Crippen LogP contribution in [0.2, 0.25) is 10.0 Å². The number of carbonyl (C=O) groups excluding carboxylic acids is 2. The van der Waals surface area contributed by atoms with Gasteiger partial charge in [-0.2, -0.15) is 0 Å². The van der Waals surface area contributed by atoms with E-state index in [-0.39, 0.29) is 33.0 Å². The highest BCUT2D eigenvalue weighted by atomic mass is 35.5. The van der Waals surface area contributed by atoms with Gasteiger partial charge in [-0.05, 0) is 24.1 Å². The van der Waals surface area contributed by atoms with Crippen molar-refractivity contribution >= 4 is 55.9 Å². The van der Waals surface area contributed by atoms with Gasteiger partial charge in [0.25, 0.3) is 0 Å². The molecule has 1 heterocycles. The zero-order valence-electron chi connectivity index (χ0n) is 16.7. The van der Waals surface area contributed by atoms with Crippen molar-refractivity contribution in [2.45, 2.75) is 18.7 Å². The molecule has 7 nitrogen and oxygen atoms in total. The van der Waals surface area contributed by atoms with Crippen molar-refractivity contribution in [2.75, 3.05) is 13.2 Å². The van der Waals surface area contributed by atoms with Crippen LogP contribution in [0.4, 0.5) is 0 Å². The average Bonchev–Trinajstić information content (AvgIpc) is 3.14. The summed E-state index contributed by atoms with van der Waals surface area (Å²) in [7, 11) is -3.97. The summed E-state index contributed by atoms with van der Waals surface area (Å²) in [5, 5.41) is 0.489. The van der Waals surface area contributed by atoms with Gasteiger partial charge in [-0.15, -0.1) is 0 Å². The van der Waals surface area contributed by atoms with E-state index in [0.717, 1.165) is 17.6 Å². The van der Waals surface area contributed by atoms with Gasteiger partial charge in [0.15, 0.2) is 6.61 Å². The van der Waals surface area contributed by atoms with Gasteiger partial charge in [0.05, 0.1) is 15.6 Å². The largest absolute Gasteiger partial charge is 0.454 e.